The maximum atomic E-state index is 12.4. The highest BCUT2D eigenvalue weighted by Gasteiger charge is 2.10. The lowest BCUT2D eigenvalue weighted by Gasteiger charge is -2.08. The monoisotopic (exact) mass is 350 g/mol. The molecule has 2 aromatic carbocycles. The van der Waals surface area contributed by atoms with Gasteiger partial charge in [0.2, 0.25) is 5.91 Å². The van der Waals surface area contributed by atoms with E-state index in [4.69, 9.17) is 0 Å². The topological polar surface area (TPSA) is 42.0 Å². The Kier molecular flexibility index (Phi) is 4.11. The van der Waals surface area contributed by atoms with Crippen LogP contribution >= 0.6 is 22.7 Å². The molecule has 2 aromatic heterocycles. The quantitative estimate of drug-likeness (QED) is 0.549. The van der Waals surface area contributed by atoms with Gasteiger partial charge in [0.25, 0.3) is 0 Å². The van der Waals surface area contributed by atoms with Gasteiger partial charge in [0, 0.05) is 27.4 Å². The summed E-state index contributed by atoms with van der Waals surface area (Å²) in [7, 11) is 0. The Morgan fingerprint density at radius 2 is 1.92 bits per heavy atom. The highest BCUT2D eigenvalue weighted by Crippen LogP contribution is 2.26. The van der Waals surface area contributed by atoms with Crippen molar-refractivity contribution >= 4 is 45.0 Å². The average molecular weight is 350 g/mol. The Balaban J connectivity index is 1.50. The molecule has 118 valence electrons. The summed E-state index contributed by atoms with van der Waals surface area (Å²) in [4.78, 5) is 16.9. The lowest BCUT2D eigenvalue weighted by molar-refractivity contribution is -0.115. The molecule has 24 heavy (non-hydrogen) atoms. The zero-order chi connectivity index (χ0) is 16.4. The normalized spacial score (nSPS) is 10.8. The van der Waals surface area contributed by atoms with Crippen LogP contribution in [0.3, 0.4) is 0 Å². The van der Waals surface area contributed by atoms with Gasteiger partial charge >= 0.3 is 0 Å². The number of benzene rings is 2. The van der Waals surface area contributed by atoms with E-state index in [9.17, 15) is 4.79 Å². The van der Waals surface area contributed by atoms with E-state index >= 15 is 0 Å². The van der Waals surface area contributed by atoms with Crippen LogP contribution < -0.4 is 5.32 Å². The van der Waals surface area contributed by atoms with Gasteiger partial charge in [-0.3, -0.25) is 4.79 Å². The first-order chi connectivity index (χ1) is 11.8. The van der Waals surface area contributed by atoms with Crippen molar-refractivity contribution in [2.75, 3.05) is 5.32 Å². The highest BCUT2D eigenvalue weighted by atomic mass is 32.1. The molecule has 0 atom stereocenters. The molecular weight excluding hydrogens is 336 g/mol. The molecule has 3 nitrogen and oxygen atoms in total. The van der Waals surface area contributed by atoms with Gasteiger partial charge in [-0.15, -0.1) is 11.3 Å². The summed E-state index contributed by atoms with van der Waals surface area (Å²) in [6.07, 6.45) is 0.282. The first kappa shape index (κ1) is 15.1. The summed E-state index contributed by atoms with van der Waals surface area (Å²) in [5.74, 6) is -0.0477. The average Bonchev–Trinajstić information content (AvgIpc) is 3.26. The van der Waals surface area contributed by atoms with Crippen LogP contribution in [-0.2, 0) is 11.2 Å². The van der Waals surface area contributed by atoms with E-state index < -0.39 is 0 Å². The van der Waals surface area contributed by atoms with Crippen LogP contribution in [0.2, 0.25) is 0 Å². The highest BCUT2D eigenvalue weighted by molar-refractivity contribution is 7.14. The Morgan fingerprint density at radius 1 is 1.04 bits per heavy atom. The minimum absolute atomic E-state index is 0.0477. The summed E-state index contributed by atoms with van der Waals surface area (Å²) in [5.41, 5.74) is 2.76. The number of anilines is 1. The zero-order valence-corrected chi connectivity index (χ0v) is 14.4. The van der Waals surface area contributed by atoms with E-state index in [1.807, 2.05) is 59.3 Å². The van der Waals surface area contributed by atoms with E-state index in [1.54, 1.807) is 22.7 Å². The maximum absolute atomic E-state index is 12.4. The molecule has 0 saturated carbocycles. The predicted octanol–water partition coefficient (Wildman–Crippen LogP) is 5.21. The standard InChI is InChI=1S/C19H14N2OS2/c22-18(10-15-12-24-19(20-15)14-8-9-23-11-14)21-17-7-3-5-13-4-1-2-6-16(13)17/h1-9,11-12H,10H2,(H,21,22). The SMILES string of the molecule is O=C(Cc1csc(-c2ccsc2)n1)Nc1cccc2ccccc12. The van der Waals surface area contributed by atoms with Gasteiger partial charge < -0.3 is 5.32 Å². The molecule has 5 heteroatoms. The molecule has 0 saturated heterocycles. The fourth-order valence-electron chi connectivity index (χ4n) is 2.60. The number of hydrogen-bond acceptors (Lipinski definition) is 4. The van der Waals surface area contributed by atoms with E-state index in [0.29, 0.717) is 0 Å². The van der Waals surface area contributed by atoms with Crippen LogP contribution in [-0.4, -0.2) is 10.9 Å². The van der Waals surface area contributed by atoms with Crippen LogP contribution in [0, 0.1) is 0 Å². The third kappa shape index (κ3) is 3.09. The van der Waals surface area contributed by atoms with Crippen molar-refractivity contribution in [1.82, 2.24) is 4.98 Å². The third-order valence-corrected chi connectivity index (χ3v) is 5.35. The minimum Gasteiger partial charge on any atom is -0.325 e. The molecule has 2 heterocycles. The van der Waals surface area contributed by atoms with E-state index in [-0.39, 0.29) is 12.3 Å². The number of carbonyl (C=O) groups is 1. The summed E-state index contributed by atoms with van der Waals surface area (Å²) in [5, 5.41) is 12.2. The van der Waals surface area contributed by atoms with Gasteiger partial charge in [0.1, 0.15) is 5.01 Å². The molecule has 0 radical (unpaired) electrons. The van der Waals surface area contributed by atoms with Crippen molar-refractivity contribution in [2.24, 2.45) is 0 Å². The number of amides is 1. The number of thiophene rings is 1. The van der Waals surface area contributed by atoms with E-state index in [0.717, 1.165) is 32.7 Å². The number of nitrogens with zero attached hydrogens (tertiary/aromatic N) is 1. The van der Waals surface area contributed by atoms with Gasteiger partial charge in [0.15, 0.2) is 0 Å². The fraction of sp³-hybridized carbons (Fsp3) is 0.0526. The molecule has 4 rings (SSSR count). The number of aromatic nitrogens is 1. The molecule has 4 aromatic rings. The molecule has 1 N–H and O–H groups in total. The molecule has 0 fully saturated rings. The van der Waals surface area contributed by atoms with Crippen LogP contribution in [0.1, 0.15) is 5.69 Å². The van der Waals surface area contributed by atoms with Crippen LogP contribution in [0.15, 0.2) is 64.7 Å². The van der Waals surface area contributed by atoms with Gasteiger partial charge in [-0.1, -0.05) is 36.4 Å². The van der Waals surface area contributed by atoms with Gasteiger partial charge in [-0.2, -0.15) is 11.3 Å². The number of hydrogen-bond donors (Lipinski definition) is 1. The molecule has 0 aliphatic rings. The van der Waals surface area contributed by atoms with Crippen molar-refractivity contribution in [2.45, 2.75) is 6.42 Å². The molecule has 0 unspecified atom stereocenters. The van der Waals surface area contributed by atoms with Crippen molar-refractivity contribution in [3.05, 3.63) is 70.4 Å². The molecule has 0 spiro atoms. The van der Waals surface area contributed by atoms with Gasteiger partial charge in [-0.25, -0.2) is 4.98 Å². The fourth-order valence-corrected chi connectivity index (χ4v) is 4.13. The number of rotatable bonds is 4. The van der Waals surface area contributed by atoms with E-state index in [1.165, 1.54) is 0 Å². The van der Waals surface area contributed by atoms with Crippen molar-refractivity contribution in [3.8, 4) is 10.6 Å². The van der Waals surface area contributed by atoms with Crippen LogP contribution in [0.25, 0.3) is 21.3 Å². The number of nitrogens with one attached hydrogen (secondary N) is 1. The zero-order valence-electron chi connectivity index (χ0n) is 12.7. The Bertz CT molecular complexity index is 984. The first-order valence-corrected chi connectivity index (χ1v) is 9.36. The minimum atomic E-state index is -0.0477. The van der Waals surface area contributed by atoms with Crippen molar-refractivity contribution < 1.29 is 4.79 Å². The molecule has 0 aliphatic heterocycles. The van der Waals surface area contributed by atoms with Gasteiger partial charge in [-0.05, 0) is 22.9 Å². The van der Waals surface area contributed by atoms with Crippen LogP contribution in [0.4, 0.5) is 5.69 Å². The van der Waals surface area contributed by atoms with E-state index in [2.05, 4.69) is 15.7 Å². The van der Waals surface area contributed by atoms with Crippen molar-refractivity contribution in [1.29, 1.82) is 0 Å². The van der Waals surface area contributed by atoms with Crippen LogP contribution in [0.5, 0.6) is 0 Å². The first-order valence-electron chi connectivity index (χ1n) is 7.54. The Morgan fingerprint density at radius 3 is 2.79 bits per heavy atom. The largest absolute Gasteiger partial charge is 0.325 e. The summed E-state index contributed by atoms with van der Waals surface area (Å²) < 4.78 is 0. The number of carbonyl (C=O) groups excluding carboxylic acids is 1. The smallest absolute Gasteiger partial charge is 0.230 e. The summed E-state index contributed by atoms with van der Waals surface area (Å²) >= 11 is 3.22. The van der Waals surface area contributed by atoms with Gasteiger partial charge in [0.05, 0.1) is 12.1 Å². The molecule has 0 aliphatic carbocycles. The summed E-state index contributed by atoms with van der Waals surface area (Å²) in [6, 6.07) is 16.0. The lowest BCUT2D eigenvalue weighted by Crippen LogP contribution is -2.14. The number of thiazole rings is 1. The summed E-state index contributed by atoms with van der Waals surface area (Å²) in [6.45, 7) is 0. The second kappa shape index (κ2) is 6.55. The molecule has 1 amide bonds. The Hall–Kier alpha value is -2.50. The molecule has 0 bridgehead atoms. The second-order valence-corrected chi connectivity index (χ2v) is 7.05. The van der Waals surface area contributed by atoms with Crippen molar-refractivity contribution in [3.63, 3.8) is 0 Å². The maximum Gasteiger partial charge on any atom is 0.230 e. The third-order valence-electron chi connectivity index (χ3n) is 3.73. The second-order valence-electron chi connectivity index (χ2n) is 5.41. The predicted molar refractivity (Wildman–Crippen MR) is 102 cm³/mol. The molecular formula is C19H14N2OS2. The lowest BCUT2D eigenvalue weighted by atomic mass is 10.1. The Labute approximate surface area is 147 Å². The number of fused-ring (bicyclic) bond motifs is 1.